The maximum atomic E-state index is 13.3. The standard InChI is InChI=1S/C17H15F4N3O2/c18-14-3-1-11(9-13(14)17(19,20)21)16(25)23-12-2-4-15(22-10-12)24-5-7-26-8-6-24/h1-4,9-10H,5-8H2,(H,23,25). The predicted octanol–water partition coefficient (Wildman–Crippen LogP) is 3.33. The number of nitrogens with one attached hydrogen (secondary N) is 1. The van der Waals surface area contributed by atoms with Crippen molar-refractivity contribution in [3.8, 4) is 0 Å². The third-order valence-electron chi connectivity index (χ3n) is 3.87. The first-order chi connectivity index (χ1) is 12.3. The number of nitrogens with zero attached hydrogens (tertiary/aromatic N) is 2. The Morgan fingerprint density at radius 2 is 1.88 bits per heavy atom. The van der Waals surface area contributed by atoms with E-state index in [2.05, 4.69) is 10.3 Å². The molecule has 1 amide bonds. The number of hydrogen-bond acceptors (Lipinski definition) is 4. The van der Waals surface area contributed by atoms with Crippen molar-refractivity contribution in [3.63, 3.8) is 0 Å². The van der Waals surface area contributed by atoms with Gasteiger partial charge in [-0.1, -0.05) is 0 Å². The monoisotopic (exact) mass is 369 g/mol. The Kier molecular flexibility index (Phi) is 5.08. The van der Waals surface area contributed by atoms with E-state index in [0.717, 1.165) is 6.07 Å². The van der Waals surface area contributed by atoms with E-state index in [9.17, 15) is 22.4 Å². The van der Waals surface area contributed by atoms with Crippen molar-refractivity contribution in [1.29, 1.82) is 0 Å². The molecule has 3 rings (SSSR count). The second kappa shape index (κ2) is 7.28. The van der Waals surface area contributed by atoms with Crippen LogP contribution in [0.25, 0.3) is 0 Å². The van der Waals surface area contributed by atoms with Gasteiger partial charge in [-0.15, -0.1) is 0 Å². The van der Waals surface area contributed by atoms with Crippen LogP contribution in [0, 0.1) is 5.82 Å². The summed E-state index contributed by atoms with van der Waals surface area (Å²) in [6.45, 7) is 2.61. The summed E-state index contributed by atoms with van der Waals surface area (Å²) >= 11 is 0. The van der Waals surface area contributed by atoms with Crippen LogP contribution in [0.5, 0.6) is 0 Å². The van der Waals surface area contributed by atoms with Gasteiger partial charge in [0.1, 0.15) is 11.6 Å². The van der Waals surface area contributed by atoms with Crippen molar-refractivity contribution >= 4 is 17.4 Å². The lowest BCUT2D eigenvalue weighted by atomic mass is 10.1. The number of morpholine rings is 1. The van der Waals surface area contributed by atoms with E-state index in [0.29, 0.717) is 49.9 Å². The minimum atomic E-state index is -4.87. The molecule has 2 aromatic rings. The highest BCUT2D eigenvalue weighted by Gasteiger charge is 2.34. The molecule has 0 saturated carbocycles. The van der Waals surface area contributed by atoms with E-state index in [1.54, 1.807) is 12.1 Å². The van der Waals surface area contributed by atoms with E-state index in [4.69, 9.17) is 4.74 Å². The fourth-order valence-electron chi connectivity index (χ4n) is 2.53. The zero-order chi connectivity index (χ0) is 18.7. The molecular weight excluding hydrogens is 354 g/mol. The fourth-order valence-corrected chi connectivity index (χ4v) is 2.53. The molecule has 0 aliphatic carbocycles. The molecule has 9 heteroatoms. The van der Waals surface area contributed by atoms with Crippen LogP contribution in [0.3, 0.4) is 0 Å². The second-order valence-electron chi connectivity index (χ2n) is 5.65. The second-order valence-corrected chi connectivity index (χ2v) is 5.65. The van der Waals surface area contributed by atoms with Gasteiger partial charge in [0.15, 0.2) is 0 Å². The molecule has 5 nitrogen and oxygen atoms in total. The molecule has 1 aliphatic heterocycles. The molecule has 1 aromatic carbocycles. The van der Waals surface area contributed by atoms with Crippen LogP contribution in [-0.4, -0.2) is 37.2 Å². The summed E-state index contributed by atoms with van der Waals surface area (Å²) in [7, 11) is 0. The summed E-state index contributed by atoms with van der Waals surface area (Å²) in [5.41, 5.74) is -1.45. The van der Waals surface area contributed by atoms with Gasteiger partial charge in [-0.2, -0.15) is 13.2 Å². The highest BCUT2D eigenvalue weighted by Crippen LogP contribution is 2.32. The molecule has 0 radical (unpaired) electrons. The number of anilines is 2. The number of alkyl halides is 3. The van der Waals surface area contributed by atoms with Gasteiger partial charge in [-0.3, -0.25) is 4.79 Å². The predicted molar refractivity (Wildman–Crippen MR) is 86.6 cm³/mol. The topological polar surface area (TPSA) is 54.5 Å². The first-order valence-electron chi connectivity index (χ1n) is 7.81. The fraction of sp³-hybridized carbons (Fsp3) is 0.294. The minimum Gasteiger partial charge on any atom is -0.378 e. The van der Waals surface area contributed by atoms with E-state index in [1.165, 1.54) is 6.20 Å². The largest absolute Gasteiger partial charge is 0.419 e. The first kappa shape index (κ1) is 18.1. The summed E-state index contributed by atoms with van der Waals surface area (Å²) in [4.78, 5) is 18.4. The average Bonchev–Trinajstić information content (AvgIpc) is 2.62. The Morgan fingerprint density at radius 3 is 2.50 bits per heavy atom. The minimum absolute atomic E-state index is 0.295. The lowest BCUT2D eigenvalue weighted by molar-refractivity contribution is -0.140. The SMILES string of the molecule is O=C(Nc1ccc(N2CCOCC2)nc1)c1ccc(F)c(C(F)(F)F)c1. The number of carbonyl (C=O) groups excluding carboxylic acids is 1. The van der Waals surface area contributed by atoms with E-state index in [-0.39, 0.29) is 5.56 Å². The van der Waals surface area contributed by atoms with Gasteiger partial charge in [0, 0.05) is 18.7 Å². The van der Waals surface area contributed by atoms with Gasteiger partial charge in [0.2, 0.25) is 0 Å². The maximum absolute atomic E-state index is 13.3. The quantitative estimate of drug-likeness (QED) is 0.844. The third-order valence-corrected chi connectivity index (χ3v) is 3.87. The highest BCUT2D eigenvalue weighted by molar-refractivity contribution is 6.04. The molecule has 1 fully saturated rings. The summed E-state index contributed by atoms with van der Waals surface area (Å²) in [5.74, 6) is -1.49. The number of amides is 1. The molecule has 1 aromatic heterocycles. The van der Waals surface area contributed by atoms with Crippen molar-refractivity contribution in [3.05, 3.63) is 53.5 Å². The van der Waals surface area contributed by atoms with E-state index in [1.807, 2.05) is 4.90 Å². The molecule has 26 heavy (non-hydrogen) atoms. The van der Waals surface area contributed by atoms with Gasteiger partial charge in [0.25, 0.3) is 5.91 Å². The zero-order valence-electron chi connectivity index (χ0n) is 13.5. The molecule has 1 aliphatic rings. The number of pyridine rings is 1. The third kappa shape index (κ3) is 4.10. The lowest BCUT2D eigenvalue weighted by Crippen LogP contribution is -2.36. The van der Waals surface area contributed by atoms with E-state index >= 15 is 0 Å². The van der Waals surface area contributed by atoms with Crippen molar-refractivity contribution in [2.45, 2.75) is 6.18 Å². The van der Waals surface area contributed by atoms with Crippen LogP contribution in [0.1, 0.15) is 15.9 Å². The average molecular weight is 369 g/mol. The van der Waals surface area contributed by atoms with Crippen LogP contribution >= 0.6 is 0 Å². The van der Waals surface area contributed by atoms with Gasteiger partial charge in [0.05, 0.1) is 30.7 Å². The van der Waals surface area contributed by atoms with Crippen molar-refractivity contribution < 1.29 is 27.1 Å². The Morgan fingerprint density at radius 1 is 1.15 bits per heavy atom. The Bertz CT molecular complexity index is 788. The van der Waals surface area contributed by atoms with Gasteiger partial charge in [-0.25, -0.2) is 9.37 Å². The number of benzene rings is 1. The molecule has 0 atom stereocenters. The van der Waals surface area contributed by atoms with Gasteiger partial charge < -0.3 is 15.0 Å². The molecule has 0 bridgehead atoms. The van der Waals surface area contributed by atoms with Crippen LogP contribution in [-0.2, 0) is 10.9 Å². The van der Waals surface area contributed by atoms with Crippen LogP contribution in [0.2, 0.25) is 0 Å². The lowest BCUT2D eigenvalue weighted by Gasteiger charge is -2.27. The molecule has 138 valence electrons. The van der Waals surface area contributed by atoms with Crippen molar-refractivity contribution in [2.75, 3.05) is 36.5 Å². The van der Waals surface area contributed by atoms with Crippen molar-refractivity contribution in [1.82, 2.24) is 4.98 Å². The number of rotatable bonds is 3. The van der Waals surface area contributed by atoms with Gasteiger partial charge in [-0.05, 0) is 30.3 Å². The number of ether oxygens (including phenoxy) is 1. The Balaban J connectivity index is 1.72. The number of halogens is 4. The smallest absolute Gasteiger partial charge is 0.378 e. The van der Waals surface area contributed by atoms with E-state index < -0.39 is 23.5 Å². The molecule has 1 N–H and O–H groups in total. The molecule has 0 unspecified atom stereocenters. The maximum Gasteiger partial charge on any atom is 0.419 e. The van der Waals surface area contributed by atoms with Gasteiger partial charge >= 0.3 is 6.18 Å². The van der Waals surface area contributed by atoms with Crippen molar-refractivity contribution in [2.24, 2.45) is 0 Å². The number of carbonyl (C=O) groups is 1. The van der Waals surface area contributed by atoms with Crippen LogP contribution < -0.4 is 10.2 Å². The molecule has 1 saturated heterocycles. The normalized spacial score (nSPS) is 15.0. The zero-order valence-corrected chi connectivity index (χ0v) is 13.5. The molecule has 2 heterocycles. The highest BCUT2D eigenvalue weighted by atomic mass is 19.4. The number of aromatic nitrogens is 1. The molecule has 0 spiro atoms. The Labute approximate surface area is 146 Å². The summed E-state index contributed by atoms with van der Waals surface area (Å²) in [6, 6.07) is 5.41. The number of hydrogen-bond donors (Lipinski definition) is 1. The summed E-state index contributed by atoms with van der Waals surface area (Å²) in [6.07, 6.45) is -3.46. The molecular formula is C17H15F4N3O2. The summed E-state index contributed by atoms with van der Waals surface area (Å²) in [5, 5.41) is 2.45. The van der Waals surface area contributed by atoms with Crippen LogP contribution in [0.15, 0.2) is 36.5 Å². The van der Waals surface area contributed by atoms with Crippen LogP contribution in [0.4, 0.5) is 29.1 Å². The Hall–Kier alpha value is -2.68. The first-order valence-corrected chi connectivity index (χ1v) is 7.81. The summed E-state index contributed by atoms with van der Waals surface area (Å²) < 4.78 is 56.8.